The van der Waals surface area contributed by atoms with E-state index in [1.54, 1.807) is 6.20 Å². The van der Waals surface area contributed by atoms with Gasteiger partial charge in [-0.15, -0.1) is 0 Å². The first-order valence-corrected chi connectivity index (χ1v) is 2.59. The smallest absolute Gasteiger partial charge is 0.213 e. The van der Waals surface area contributed by atoms with Crippen LogP contribution in [0, 0.1) is 0 Å². The third-order valence-corrected chi connectivity index (χ3v) is 1.14. The van der Waals surface area contributed by atoms with Gasteiger partial charge in [-0.2, -0.15) is 0 Å². The van der Waals surface area contributed by atoms with Crippen molar-refractivity contribution < 1.29 is 0 Å². The summed E-state index contributed by atoms with van der Waals surface area (Å²) >= 11 is 5.47. The van der Waals surface area contributed by atoms with Crippen LogP contribution < -0.4 is 5.84 Å². The molecule has 44 valence electrons. The average molecular weight is 132 g/mol. The normalized spacial score (nSPS) is 18.8. The maximum absolute atomic E-state index is 5.47. The van der Waals surface area contributed by atoms with E-state index in [0.29, 0.717) is 11.8 Å². The molecule has 0 atom stereocenters. The first kappa shape index (κ1) is 5.59. The fourth-order valence-electron chi connectivity index (χ4n) is 0.424. The van der Waals surface area contributed by atoms with Crippen LogP contribution in [0.25, 0.3) is 0 Å². The van der Waals surface area contributed by atoms with Crippen molar-refractivity contribution >= 4 is 16.9 Å². The second-order valence-electron chi connectivity index (χ2n) is 1.44. The Kier molecular flexibility index (Phi) is 1.50. The minimum absolute atomic E-state index is 0.340. The van der Waals surface area contributed by atoms with Gasteiger partial charge in [-0.1, -0.05) is 0 Å². The maximum atomic E-state index is 5.47. The summed E-state index contributed by atoms with van der Waals surface area (Å²) in [5.74, 6) is 5.30. The Labute approximate surface area is 52.4 Å². The Morgan fingerprint density at radius 2 is 2.62 bits per heavy atom. The number of hydrazine groups is 1. The number of hydrogen-bond donors (Lipinski definition) is 1. The highest BCUT2D eigenvalue weighted by molar-refractivity contribution is 6.64. The molecule has 1 aliphatic rings. The van der Waals surface area contributed by atoms with Crippen molar-refractivity contribution in [1.82, 2.24) is 5.01 Å². The SMILES string of the molecule is NN1CC=CN=C1Cl. The van der Waals surface area contributed by atoms with Gasteiger partial charge >= 0.3 is 0 Å². The largest absolute Gasteiger partial charge is 0.281 e. The predicted octanol–water partition coefficient (Wildman–Crippen LogP) is 0.284. The summed E-state index contributed by atoms with van der Waals surface area (Å²) in [4.78, 5) is 3.71. The number of halogens is 1. The molecule has 0 spiro atoms. The fourth-order valence-corrected chi connectivity index (χ4v) is 0.550. The molecule has 1 heterocycles. The number of rotatable bonds is 0. The minimum Gasteiger partial charge on any atom is -0.281 e. The van der Waals surface area contributed by atoms with Crippen molar-refractivity contribution in [1.29, 1.82) is 0 Å². The molecular formula is C4H6ClN3. The lowest BCUT2D eigenvalue weighted by Gasteiger charge is -2.14. The van der Waals surface area contributed by atoms with Crippen LogP contribution in [-0.2, 0) is 0 Å². The van der Waals surface area contributed by atoms with Gasteiger partial charge in [0.25, 0.3) is 0 Å². The van der Waals surface area contributed by atoms with E-state index in [0.717, 1.165) is 0 Å². The molecule has 0 saturated heterocycles. The molecule has 4 heteroatoms. The second kappa shape index (κ2) is 2.15. The molecule has 1 aliphatic heterocycles. The Bertz CT molecular complexity index is 140. The summed E-state index contributed by atoms with van der Waals surface area (Å²) < 4.78 is 0. The van der Waals surface area contributed by atoms with E-state index in [9.17, 15) is 0 Å². The molecule has 0 aromatic rings. The van der Waals surface area contributed by atoms with Crippen LogP contribution in [0.15, 0.2) is 17.3 Å². The zero-order valence-electron chi connectivity index (χ0n) is 4.21. The fraction of sp³-hybridized carbons (Fsp3) is 0.250. The van der Waals surface area contributed by atoms with E-state index >= 15 is 0 Å². The monoisotopic (exact) mass is 131 g/mol. The van der Waals surface area contributed by atoms with Gasteiger partial charge in [0.05, 0.1) is 6.54 Å². The number of aliphatic imine (C=N–C) groups is 1. The first-order valence-electron chi connectivity index (χ1n) is 2.21. The number of hydrogen-bond acceptors (Lipinski definition) is 3. The third kappa shape index (κ3) is 0.993. The van der Waals surface area contributed by atoms with Gasteiger partial charge in [-0.3, -0.25) is 5.01 Å². The molecule has 3 nitrogen and oxygen atoms in total. The van der Waals surface area contributed by atoms with Crippen molar-refractivity contribution in [3.8, 4) is 0 Å². The van der Waals surface area contributed by atoms with Crippen molar-refractivity contribution in [2.24, 2.45) is 10.8 Å². The molecular weight excluding hydrogens is 126 g/mol. The molecule has 0 aliphatic carbocycles. The van der Waals surface area contributed by atoms with E-state index < -0.39 is 0 Å². The van der Waals surface area contributed by atoms with Crippen molar-refractivity contribution in [2.75, 3.05) is 6.54 Å². The molecule has 0 radical (unpaired) electrons. The van der Waals surface area contributed by atoms with Crippen molar-refractivity contribution in [3.63, 3.8) is 0 Å². The summed E-state index contributed by atoms with van der Waals surface area (Å²) in [6, 6.07) is 0. The molecule has 0 bridgehead atoms. The number of nitrogens with zero attached hydrogens (tertiary/aromatic N) is 2. The number of nitrogens with two attached hydrogens (primary N) is 1. The van der Waals surface area contributed by atoms with Gasteiger partial charge in [0.15, 0.2) is 0 Å². The Balaban J connectivity index is 2.66. The lowest BCUT2D eigenvalue weighted by molar-refractivity contribution is 0.492. The molecule has 0 aromatic carbocycles. The van der Waals surface area contributed by atoms with Gasteiger partial charge in [0.2, 0.25) is 5.29 Å². The van der Waals surface area contributed by atoms with Crippen molar-refractivity contribution in [3.05, 3.63) is 12.3 Å². The molecule has 1 rings (SSSR count). The van der Waals surface area contributed by atoms with Crippen LogP contribution in [0.3, 0.4) is 0 Å². The minimum atomic E-state index is 0.340. The van der Waals surface area contributed by atoms with Crippen LogP contribution in [-0.4, -0.2) is 16.8 Å². The summed E-state index contributed by atoms with van der Waals surface area (Å²) in [5, 5.41) is 1.70. The topological polar surface area (TPSA) is 41.6 Å². The third-order valence-electron chi connectivity index (χ3n) is 0.826. The van der Waals surface area contributed by atoms with Crippen LogP contribution >= 0.6 is 11.6 Å². The van der Waals surface area contributed by atoms with E-state index in [-0.39, 0.29) is 0 Å². The summed E-state index contributed by atoms with van der Waals surface area (Å²) in [7, 11) is 0. The molecule has 0 fully saturated rings. The molecule has 8 heavy (non-hydrogen) atoms. The second-order valence-corrected chi connectivity index (χ2v) is 1.77. The molecule has 2 N–H and O–H groups in total. The quantitative estimate of drug-likeness (QED) is 0.379. The van der Waals surface area contributed by atoms with Gasteiger partial charge < -0.3 is 0 Å². The zero-order valence-corrected chi connectivity index (χ0v) is 4.97. The Morgan fingerprint density at radius 3 is 3.00 bits per heavy atom. The van der Waals surface area contributed by atoms with Crippen LogP contribution in [0.1, 0.15) is 0 Å². The highest BCUT2D eigenvalue weighted by atomic mass is 35.5. The lowest BCUT2D eigenvalue weighted by atomic mass is 10.5. The Morgan fingerprint density at radius 1 is 1.88 bits per heavy atom. The highest BCUT2D eigenvalue weighted by Crippen LogP contribution is 1.96. The maximum Gasteiger partial charge on any atom is 0.213 e. The van der Waals surface area contributed by atoms with Gasteiger partial charge in [-0.05, 0) is 17.7 Å². The van der Waals surface area contributed by atoms with Gasteiger partial charge in [0.1, 0.15) is 0 Å². The lowest BCUT2D eigenvalue weighted by Crippen LogP contribution is -2.35. The van der Waals surface area contributed by atoms with E-state index in [1.165, 1.54) is 5.01 Å². The van der Waals surface area contributed by atoms with E-state index in [4.69, 9.17) is 17.4 Å². The summed E-state index contributed by atoms with van der Waals surface area (Å²) in [6.07, 6.45) is 3.46. The predicted molar refractivity (Wildman–Crippen MR) is 33.3 cm³/mol. The molecule has 0 aromatic heterocycles. The van der Waals surface area contributed by atoms with Crippen molar-refractivity contribution in [2.45, 2.75) is 0 Å². The Hall–Kier alpha value is -0.540. The summed E-state index contributed by atoms with van der Waals surface area (Å²) in [5.41, 5.74) is 0. The molecule has 0 saturated carbocycles. The van der Waals surface area contributed by atoms with Gasteiger partial charge in [0, 0.05) is 6.20 Å². The first-order chi connectivity index (χ1) is 3.80. The molecule has 0 amide bonds. The van der Waals surface area contributed by atoms with Gasteiger partial charge in [-0.25, -0.2) is 10.8 Å². The van der Waals surface area contributed by atoms with E-state index in [2.05, 4.69) is 4.99 Å². The summed E-state index contributed by atoms with van der Waals surface area (Å²) in [6.45, 7) is 0.641. The van der Waals surface area contributed by atoms with Crippen LogP contribution in [0.4, 0.5) is 0 Å². The average Bonchev–Trinajstić information content (AvgIpc) is 1.77. The zero-order chi connectivity index (χ0) is 5.98. The number of amidine groups is 1. The standard InChI is InChI=1S/C4H6ClN3/c5-4-7-2-1-3-8(4)6/h1-2H,3,6H2. The van der Waals surface area contributed by atoms with Crippen LogP contribution in [0.2, 0.25) is 0 Å². The highest BCUT2D eigenvalue weighted by Gasteiger charge is 2.01. The van der Waals surface area contributed by atoms with E-state index in [1.807, 2.05) is 6.08 Å². The molecule has 0 unspecified atom stereocenters. The van der Waals surface area contributed by atoms with Crippen LogP contribution in [0.5, 0.6) is 0 Å².